The molecule has 22 nitrogen and oxygen atoms in total. The third kappa shape index (κ3) is 13.4. The van der Waals surface area contributed by atoms with Gasteiger partial charge in [-0.25, -0.2) is 33.7 Å². The predicted octanol–water partition coefficient (Wildman–Crippen LogP) is 5.52. The molecule has 0 atom stereocenters. The molecule has 2 aliphatic heterocycles. The van der Waals surface area contributed by atoms with E-state index in [0.717, 1.165) is 91.4 Å². The van der Waals surface area contributed by atoms with Gasteiger partial charge in [-0.05, 0) is 44.2 Å². The molecule has 388 valence electrons. The molecule has 6 aromatic heterocycles. The lowest BCUT2D eigenvalue weighted by atomic mass is 10.2. The van der Waals surface area contributed by atoms with Gasteiger partial charge in [-0.15, -0.1) is 10.2 Å². The lowest BCUT2D eigenvalue weighted by Gasteiger charge is -2.37. The summed E-state index contributed by atoms with van der Waals surface area (Å²) in [6.45, 7) is 15.8. The highest BCUT2D eigenvalue weighted by atomic mass is 35.5. The van der Waals surface area contributed by atoms with E-state index in [1.807, 2.05) is 63.2 Å². The average molecular weight is 1030 g/mol. The second-order valence-electron chi connectivity index (χ2n) is 17.1. The standard InChI is InChI=1S/C24H30FN9O2.C16H26FN3O.C8H5ClN6O/c1-3-13-35-17-4-5-19(18(25)15-17)33-11-9-32(10-12-33)8-7-31(2)20-16-21-28-22(23-27-6-14-36-23)30-34(21)24(26)29-20;1-3-12-21-14-4-5-16(15(17)13-14)20-10-8-19(9-11-20)7-6-18-2;9-4-3-5-13-6(7-11-1-2-16-7)14-15(5)8(10)12-4/h4-6,14-16H,3,7-13H2,1-2H3,(H2,26,29);4-5,13,18H,3,6-12H2,1-2H3;1-3H,(H2,10,12). The van der Waals surface area contributed by atoms with Crippen LogP contribution in [0, 0.1) is 11.6 Å². The minimum absolute atomic E-state index is 0.160. The number of benzene rings is 2. The number of fused-ring (bicyclic) bond motifs is 2. The lowest BCUT2D eigenvalue weighted by molar-refractivity contribution is 0.259. The Morgan fingerprint density at radius 2 is 1.16 bits per heavy atom. The van der Waals surface area contributed by atoms with E-state index in [1.165, 1.54) is 46.1 Å². The Balaban J connectivity index is 0.000000162. The van der Waals surface area contributed by atoms with Gasteiger partial charge in [0, 0.05) is 110 Å². The van der Waals surface area contributed by atoms with E-state index in [9.17, 15) is 8.78 Å². The van der Waals surface area contributed by atoms with Gasteiger partial charge in [0.25, 0.3) is 11.8 Å². The first-order valence-electron chi connectivity index (χ1n) is 24.2. The number of nitrogens with two attached hydrogens (primary N) is 2. The smallest absolute Gasteiger partial charge is 0.266 e. The van der Waals surface area contributed by atoms with Crippen molar-refractivity contribution in [2.75, 3.05) is 132 Å². The minimum Gasteiger partial charge on any atom is -0.493 e. The van der Waals surface area contributed by atoms with Crippen LogP contribution in [0.2, 0.25) is 5.15 Å². The van der Waals surface area contributed by atoms with E-state index in [0.29, 0.717) is 76.6 Å². The highest BCUT2D eigenvalue weighted by Crippen LogP contribution is 2.27. The van der Waals surface area contributed by atoms with Crippen molar-refractivity contribution in [1.82, 2.24) is 64.2 Å². The van der Waals surface area contributed by atoms with E-state index in [1.54, 1.807) is 6.07 Å². The van der Waals surface area contributed by atoms with Gasteiger partial charge < -0.3 is 49.8 Å². The highest BCUT2D eigenvalue weighted by Gasteiger charge is 2.23. The number of halogens is 3. The summed E-state index contributed by atoms with van der Waals surface area (Å²) in [5.41, 5.74) is 14.1. The molecule has 0 spiro atoms. The summed E-state index contributed by atoms with van der Waals surface area (Å²) < 4.78 is 53.1. The molecular formula is C48H61ClF2N18O4. The largest absolute Gasteiger partial charge is 0.493 e. The average Bonchev–Trinajstić information content (AvgIpc) is 4.26. The fourth-order valence-electron chi connectivity index (χ4n) is 8.03. The number of piperazine rings is 2. The van der Waals surface area contributed by atoms with Gasteiger partial charge in [0.05, 0.1) is 37.0 Å². The molecular weight excluding hydrogens is 966 g/mol. The number of anilines is 5. The summed E-state index contributed by atoms with van der Waals surface area (Å²) in [5, 5.41) is 11.8. The van der Waals surface area contributed by atoms with Gasteiger partial charge >= 0.3 is 0 Å². The van der Waals surface area contributed by atoms with Crippen LogP contribution in [0.5, 0.6) is 11.5 Å². The minimum atomic E-state index is -0.240. The Kier molecular flexibility index (Phi) is 17.7. The van der Waals surface area contributed by atoms with Crippen molar-refractivity contribution in [3.63, 3.8) is 0 Å². The maximum Gasteiger partial charge on any atom is 0.266 e. The zero-order valence-electron chi connectivity index (χ0n) is 41.4. The first kappa shape index (κ1) is 51.9. The van der Waals surface area contributed by atoms with Gasteiger partial charge in [-0.3, -0.25) is 9.80 Å². The molecule has 2 saturated heterocycles. The van der Waals surface area contributed by atoms with Crippen LogP contribution < -0.4 is 41.0 Å². The van der Waals surface area contributed by atoms with Crippen molar-refractivity contribution in [1.29, 1.82) is 0 Å². The number of likely N-dealkylation sites (N-methyl/N-ethyl adjacent to an activating group) is 2. The van der Waals surface area contributed by atoms with E-state index in [-0.39, 0.29) is 28.7 Å². The number of hydrogen-bond donors (Lipinski definition) is 3. The van der Waals surface area contributed by atoms with Crippen molar-refractivity contribution >= 4 is 52.0 Å². The molecule has 0 amide bonds. The monoisotopic (exact) mass is 1030 g/mol. The van der Waals surface area contributed by atoms with Crippen LogP contribution in [0.15, 0.2) is 82.3 Å². The summed E-state index contributed by atoms with van der Waals surface area (Å²) in [4.78, 5) is 36.0. The fourth-order valence-corrected chi connectivity index (χ4v) is 8.22. The number of rotatable bonds is 17. The van der Waals surface area contributed by atoms with Crippen molar-refractivity contribution < 1.29 is 27.1 Å². The van der Waals surface area contributed by atoms with Crippen molar-refractivity contribution in [3.05, 3.63) is 90.2 Å². The zero-order chi connectivity index (χ0) is 51.3. The van der Waals surface area contributed by atoms with E-state index >= 15 is 0 Å². The molecule has 73 heavy (non-hydrogen) atoms. The second kappa shape index (κ2) is 24.8. The van der Waals surface area contributed by atoms with Crippen molar-refractivity contribution in [2.24, 2.45) is 0 Å². The van der Waals surface area contributed by atoms with Gasteiger partial charge in [0.1, 0.15) is 46.6 Å². The van der Waals surface area contributed by atoms with E-state index < -0.39 is 0 Å². The molecule has 8 aromatic rings. The lowest BCUT2D eigenvalue weighted by Crippen LogP contribution is -2.48. The third-order valence-corrected chi connectivity index (χ3v) is 12.1. The summed E-state index contributed by atoms with van der Waals surface area (Å²) in [6.07, 6.45) is 7.78. The molecule has 5 N–H and O–H groups in total. The topological polar surface area (TPSA) is 237 Å². The SMILES string of the molecule is CCCOc1ccc(N2CCN(CCN(C)c3cc4nc(-c5ncco5)nn4c(N)n3)CC2)c(F)c1.CCCOc1ccc(N2CCN(CCNC)CC2)c(F)c1.Nc1nc(Cl)cc2nc(-c3ncco3)nn12. The Labute approximate surface area is 425 Å². The molecule has 0 saturated carbocycles. The summed E-state index contributed by atoms with van der Waals surface area (Å²) in [7, 11) is 3.94. The number of nitrogens with zero attached hydrogens (tertiary/aromatic N) is 15. The van der Waals surface area contributed by atoms with Crippen molar-refractivity contribution in [2.45, 2.75) is 26.7 Å². The van der Waals surface area contributed by atoms with Crippen LogP contribution in [0.1, 0.15) is 26.7 Å². The number of hydrogen-bond acceptors (Lipinski definition) is 20. The normalized spacial score (nSPS) is 14.2. The first-order valence-corrected chi connectivity index (χ1v) is 24.5. The Hall–Kier alpha value is -7.41. The number of aromatic nitrogens is 10. The molecule has 10 rings (SSSR count). The first-order chi connectivity index (χ1) is 35.5. The van der Waals surface area contributed by atoms with Crippen molar-refractivity contribution in [3.8, 4) is 34.9 Å². The molecule has 25 heteroatoms. The maximum atomic E-state index is 14.6. The number of ether oxygens (including phenoxy) is 2. The summed E-state index contributed by atoms with van der Waals surface area (Å²) in [6, 6.07) is 13.7. The van der Waals surface area contributed by atoms with Crippen LogP contribution in [-0.4, -0.2) is 165 Å². The third-order valence-electron chi connectivity index (χ3n) is 11.9. The predicted molar refractivity (Wildman–Crippen MR) is 275 cm³/mol. The van der Waals surface area contributed by atoms with Crippen LogP contribution in [0.4, 0.5) is 37.9 Å². The molecule has 8 heterocycles. The van der Waals surface area contributed by atoms with Gasteiger partial charge in [0.15, 0.2) is 11.3 Å². The molecule has 0 unspecified atom stereocenters. The van der Waals surface area contributed by atoms with Crippen LogP contribution in [-0.2, 0) is 0 Å². The molecule has 0 radical (unpaired) electrons. The second-order valence-corrected chi connectivity index (χ2v) is 17.5. The molecule has 2 fully saturated rings. The molecule has 2 aliphatic rings. The van der Waals surface area contributed by atoms with Gasteiger partial charge in [-0.2, -0.15) is 14.0 Å². The number of nitrogen functional groups attached to an aromatic ring is 2. The number of nitrogens with one attached hydrogen (secondary N) is 1. The Morgan fingerprint density at radius 3 is 1.63 bits per heavy atom. The van der Waals surface area contributed by atoms with Crippen LogP contribution in [0.3, 0.4) is 0 Å². The fraction of sp³-hybridized carbons (Fsp3) is 0.417. The van der Waals surface area contributed by atoms with Gasteiger partial charge in [-0.1, -0.05) is 25.4 Å². The van der Waals surface area contributed by atoms with Crippen LogP contribution in [0.25, 0.3) is 34.7 Å². The van der Waals surface area contributed by atoms with Crippen LogP contribution >= 0.6 is 11.6 Å². The summed E-state index contributed by atoms with van der Waals surface area (Å²) >= 11 is 5.75. The quantitative estimate of drug-likeness (QED) is 0.0952. The van der Waals surface area contributed by atoms with E-state index in [2.05, 4.69) is 65.0 Å². The summed E-state index contributed by atoms with van der Waals surface area (Å²) in [5.74, 6) is 3.20. The van der Waals surface area contributed by atoms with Gasteiger partial charge in [0.2, 0.25) is 23.5 Å². The molecule has 2 aromatic carbocycles. The molecule has 0 aliphatic carbocycles. The Morgan fingerprint density at radius 1 is 0.671 bits per heavy atom. The Bertz CT molecular complexity index is 2980. The maximum absolute atomic E-state index is 14.6. The number of oxazole rings is 2. The highest BCUT2D eigenvalue weighted by molar-refractivity contribution is 6.29. The van der Waals surface area contributed by atoms with E-state index in [4.69, 9.17) is 41.4 Å². The zero-order valence-corrected chi connectivity index (χ0v) is 42.1. The molecule has 0 bridgehead atoms.